The summed E-state index contributed by atoms with van der Waals surface area (Å²) >= 11 is 0. The fourth-order valence-electron chi connectivity index (χ4n) is 9.57. The van der Waals surface area contributed by atoms with E-state index in [4.69, 9.17) is 14.2 Å². The Morgan fingerprint density at radius 3 is 0.833 bits per heavy atom. The molecule has 0 aliphatic heterocycles. The molecular weight excluding hydrogens is 961 g/mol. The molecule has 0 aliphatic rings. The fourth-order valence-corrected chi connectivity index (χ4v) is 9.57. The normalized spacial score (nSPS) is 12.6. The predicted octanol–water partition coefficient (Wildman–Crippen LogP) is 23.1. The molecule has 1 atom stereocenters. The number of esters is 3. The first-order chi connectivity index (χ1) is 38.5. The van der Waals surface area contributed by atoms with E-state index >= 15 is 0 Å². The van der Waals surface area contributed by atoms with Crippen LogP contribution in [0, 0.1) is 0 Å². The second kappa shape index (κ2) is 66.1. The van der Waals surface area contributed by atoms with Crippen molar-refractivity contribution in [1.29, 1.82) is 0 Å². The van der Waals surface area contributed by atoms with Crippen molar-refractivity contribution >= 4 is 17.9 Å². The Balaban J connectivity index is 4.25. The summed E-state index contributed by atoms with van der Waals surface area (Å²) in [6.07, 6.45) is 87.5. The molecule has 0 aromatic rings. The van der Waals surface area contributed by atoms with E-state index in [-0.39, 0.29) is 31.1 Å². The lowest BCUT2D eigenvalue weighted by Crippen LogP contribution is -2.30. The minimum Gasteiger partial charge on any atom is -0.462 e. The van der Waals surface area contributed by atoms with Crippen molar-refractivity contribution in [3.05, 3.63) is 85.1 Å². The van der Waals surface area contributed by atoms with E-state index in [0.29, 0.717) is 19.3 Å². The highest BCUT2D eigenvalue weighted by Gasteiger charge is 2.19. The molecule has 1 unspecified atom stereocenters. The third kappa shape index (κ3) is 63.4. The van der Waals surface area contributed by atoms with E-state index in [9.17, 15) is 14.4 Å². The molecule has 0 radical (unpaired) electrons. The smallest absolute Gasteiger partial charge is 0.306 e. The maximum Gasteiger partial charge on any atom is 0.306 e. The third-order valence-electron chi connectivity index (χ3n) is 14.6. The Labute approximate surface area is 484 Å². The van der Waals surface area contributed by atoms with Crippen molar-refractivity contribution in [1.82, 2.24) is 0 Å². The van der Waals surface area contributed by atoms with Crippen LogP contribution in [0.2, 0.25) is 0 Å². The second-order valence-electron chi connectivity index (χ2n) is 22.3. The maximum atomic E-state index is 12.9. The van der Waals surface area contributed by atoms with Crippen molar-refractivity contribution in [2.45, 2.75) is 341 Å². The molecule has 78 heavy (non-hydrogen) atoms. The Bertz CT molecular complexity index is 1480. The highest BCUT2D eigenvalue weighted by Crippen LogP contribution is 2.17. The molecule has 0 saturated carbocycles. The summed E-state index contributed by atoms with van der Waals surface area (Å²) in [5.41, 5.74) is 0. The molecule has 0 rings (SSSR count). The Hall–Kier alpha value is -3.41. The van der Waals surface area contributed by atoms with Gasteiger partial charge in [0.1, 0.15) is 13.2 Å². The van der Waals surface area contributed by atoms with Gasteiger partial charge in [-0.15, -0.1) is 0 Å². The average Bonchev–Trinajstić information content (AvgIpc) is 3.44. The summed E-state index contributed by atoms with van der Waals surface area (Å²) in [5.74, 6) is -0.915. The number of hydrogen-bond acceptors (Lipinski definition) is 6. The molecule has 0 heterocycles. The molecular formula is C72H126O6. The van der Waals surface area contributed by atoms with Crippen LogP contribution in [0.4, 0.5) is 0 Å². The van der Waals surface area contributed by atoms with Crippen molar-refractivity contribution < 1.29 is 28.6 Å². The van der Waals surface area contributed by atoms with E-state index in [1.807, 2.05) is 0 Å². The van der Waals surface area contributed by atoms with Gasteiger partial charge in [-0.25, -0.2) is 0 Å². The molecule has 6 heteroatoms. The highest BCUT2D eigenvalue weighted by molar-refractivity contribution is 5.71. The summed E-state index contributed by atoms with van der Waals surface area (Å²) in [6, 6.07) is 0. The average molecular weight is 1090 g/mol. The number of unbranched alkanes of at least 4 members (excludes halogenated alkanes) is 36. The monoisotopic (exact) mass is 1090 g/mol. The summed E-state index contributed by atoms with van der Waals surface area (Å²) in [6.45, 7) is 6.49. The first-order valence-corrected chi connectivity index (χ1v) is 33.6. The van der Waals surface area contributed by atoms with Crippen molar-refractivity contribution in [3.63, 3.8) is 0 Å². The van der Waals surface area contributed by atoms with E-state index in [1.54, 1.807) is 0 Å². The molecule has 0 N–H and O–H groups in total. The molecule has 0 saturated heterocycles. The molecule has 450 valence electrons. The van der Waals surface area contributed by atoms with Crippen LogP contribution in [0.15, 0.2) is 85.1 Å². The zero-order valence-electron chi connectivity index (χ0n) is 51.7. The first-order valence-electron chi connectivity index (χ1n) is 33.6. The highest BCUT2D eigenvalue weighted by atomic mass is 16.6. The lowest BCUT2D eigenvalue weighted by molar-refractivity contribution is -0.167. The summed E-state index contributed by atoms with van der Waals surface area (Å²) in [5, 5.41) is 0. The molecule has 0 aromatic carbocycles. The van der Waals surface area contributed by atoms with Gasteiger partial charge in [-0.1, -0.05) is 292 Å². The molecule has 0 amide bonds. The lowest BCUT2D eigenvalue weighted by atomic mass is 10.0. The van der Waals surface area contributed by atoms with Crippen LogP contribution in [0.1, 0.15) is 335 Å². The standard InChI is InChI=1S/C72H126O6/c1-4-7-10-13-16-19-22-25-28-30-31-32-33-34-35-36-37-38-39-40-41-43-44-47-50-53-56-59-62-65-71(74)77-68-69(67-76-70(73)64-61-58-55-52-49-46-27-24-21-18-15-12-9-6-3)78-72(75)66-63-60-57-54-51-48-45-42-29-26-23-20-17-14-11-8-5-2/h8,11,15,17-18,20,24,26-27,29-31,45,48,69H,4-7,9-10,12-14,16,19,21-23,25,28,32-44,46-47,49-68H2,1-3H3/b11-8-,18-15-,20-17-,27-24-,29-26-,31-30-,48-45-. The molecule has 0 spiro atoms. The summed E-state index contributed by atoms with van der Waals surface area (Å²) < 4.78 is 16.9. The van der Waals surface area contributed by atoms with Gasteiger partial charge in [0.2, 0.25) is 0 Å². The van der Waals surface area contributed by atoms with Gasteiger partial charge >= 0.3 is 17.9 Å². The van der Waals surface area contributed by atoms with Gasteiger partial charge in [-0.05, 0) is 109 Å². The van der Waals surface area contributed by atoms with Gasteiger partial charge in [0.25, 0.3) is 0 Å². The number of carbonyl (C=O) groups excluding carboxylic acids is 3. The molecule has 6 nitrogen and oxygen atoms in total. The van der Waals surface area contributed by atoms with Gasteiger partial charge < -0.3 is 14.2 Å². The molecule has 0 bridgehead atoms. The first kappa shape index (κ1) is 74.6. The van der Waals surface area contributed by atoms with E-state index in [2.05, 4.69) is 106 Å². The number of ether oxygens (including phenoxy) is 3. The predicted molar refractivity (Wildman–Crippen MR) is 339 cm³/mol. The quantitative estimate of drug-likeness (QED) is 0.0261. The third-order valence-corrected chi connectivity index (χ3v) is 14.6. The molecule has 0 aromatic heterocycles. The number of allylic oxidation sites excluding steroid dienone is 14. The van der Waals surface area contributed by atoms with Gasteiger partial charge in [0, 0.05) is 19.3 Å². The largest absolute Gasteiger partial charge is 0.462 e. The van der Waals surface area contributed by atoms with E-state index in [0.717, 1.165) is 122 Å². The van der Waals surface area contributed by atoms with Crippen molar-refractivity contribution in [3.8, 4) is 0 Å². The minimum absolute atomic E-state index is 0.0892. The SMILES string of the molecule is CC/C=C\C/C=C\C/C=C\C/C=C\CCCCCCC(=O)OC(COC(=O)CCCCCCC/C=C\C/C=C\CCCC)COC(=O)CCCCCCCCCCCCCCCCCCC/C=C\CCCCCCCCCC. The summed E-state index contributed by atoms with van der Waals surface area (Å²) in [7, 11) is 0. The Morgan fingerprint density at radius 1 is 0.269 bits per heavy atom. The van der Waals surface area contributed by atoms with Gasteiger partial charge in [0.05, 0.1) is 0 Å². The lowest BCUT2D eigenvalue weighted by Gasteiger charge is -2.18. The van der Waals surface area contributed by atoms with Crippen molar-refractivity contribution in [2.24, 2.45) is 0 Å². The topological polar surface area (TPSA) is 78.9 Å². The van der Waals surface area contributed by atoms with Gasteiger partial charge in [-0.3, -0.25) is 14.4 Å². The van der Waals surface area contributed by atoms with Gasteiger partial charge in [-0.2, -0.15) is 0 Å². The molecule has 0 fully saturated rings. The van der Waals surface area contributed by atoms with E-state index < -0.39 is 6.10 Å². The Morgan fingerprint density at radius 2 is 0.513 bits per heavy atom. The van der Waals surface area contributed by atoms with Crippen LogP contribution in [-0.4, -0.2) is 37.2 Å². The summed E-state index contributed by atoms with van der Waals surface area (Å²) in [4.78, 5) is 38.3. The molecule has 0 aliphatic carbocycles. The number of carbonyl (C=O) groups is 3. The zero-order chi connectivity index (χ0) is 56.4. The van der Waals surface area contributed by atoms with Crippen LogP contribution in [0.25, 0.3) is 0 Å². The minimum atomic E-state index is -0.796. The zero-order valence-corrected chi connectivity index (χ0v) is 51.7. The van der Waals surface area contributed by atoms with Crippen LogP contribution in [-0.2, 0) is 28.6 Å². The van der Waals surface area contributed by atoms with Crippen LogP contribution in [0.5, 0.6) is 0 Å². The fraction of sp³-hybridized carbons (Fsp3) is 0.764. The van der Waals surface area contributed by atoms with Gasteiger partial charge in [0.15, 0.2) is 6.10 Å². The van der Waals surface area contributed by atoms with Crippen LogP contribution in [0.3, 0.4) is 0 Å². The van der Waals surface area contributed by atoms with E-state index in [1.165, 1.54) is 173 Å². The van der Waals surface area contributed by atoms with Crippen LogP contribution >= 0.6 is 0 Å². The van der Waals surface area contributed by atoms with Crippen LogP contribution < -0.4 is 0 Å². The number of hydrogen-bond donors (Lipinski definition) is 0. The van der Waals surface area contributed by atoms with Crippen molar-refractivity contribution in [2.75, 3.05) is 13.2 Å². The second-order valence-corrected chi connectivity index (χ2v) is 22.3. The number of rotatable bonds is 61. The Kier molecular flexibility index (Phi) is 63.2. The maximum absolute atomic E-state index is 12.9.